The summed E-state index contributed by atoms with van der Waals surface area (Å²) < 4.78 is 6.81. The Balaban J connectivity index is 2.06. The minimum absolute atomic E-state index is 0.114. The second kappa shape index (κ2) is 9.58. The summed E-state index contributed by atoms with van der Waals surface area (Å²) in [4.78, 5) is 17.4. The summed E-state index contributed by atoms with van der Waals surface area (Å²) in [7, 11) is 1.61. The van der Waals surface area contributed by atoms with E-state index in [1.165, 1.54) is 0 Å². The maximum atomic E-state index is 12.9. The maximum Gasteiger partial charge on any atom is 0.251 e. The molecule has 2 heterocycles. The summed E-state index contributed by atoms with van der Waals surface area (Å²) in [6.07, 6.45) is 2.54. The van der Waals surface area contributed by atoms with Crippen LogP contribution in [0.15, 0.2) is 36.5 Å². The molecule has 0 bridgehead atoms. The van der Waals surface area contributed by atoms with Crippen LogP contribution in [0.5, 0.6) is 0 Å². The number of hydrogen-bond acceptors (Lipinski definition) is 6. The average molecular weight is 409 g/mol. The molecule has 0 unspecified atom stereocenters. The van der Waals surface area contributed by atoms with Crippen molar-refractivity contribution in [1.82, 2.24) is 30.5 Å². The van der Waals surface area contributed by atoms with Crippen LogP contribution in [0.3, 0.4) is 0 Å². The van der Waals surface area contributed by atoms with Crippen molar-refractivity contribution in [2.45, 2.75) is 40.2 Å². The highest BCUT2D eigenvalue weighted by molar-refractivity contribution is 5.96. The molecule has 158 valence electrons. The molecule has 0 radical (unpaired) electrons. The summed E-state index contributed by atoms with van der Waals surface area (Å²) in [6.45, 7) is 8.55. The van der Waals surface area contributed by atoms with Crippen molar-refractivity contribution in [3.8, 4) is 16.9 Å². The highest BCUT2D eigenvalue weighted by Gasteiger charge is 2.17. The zero-order valence-corrected chi connectivity index (χ0v) is 18.1. The van der Waals surface area contributed by atoms with Crippen LogP contribution in [-0.2, 0) is 11.2 Å². The number of carbonyl (C=O) groups excluding carboxylic acids is 1. The van der Waals surface area contributed by atoms with Crippen LogP contribution in [0.25, 0.3) is 16.9 Å². The van der Waals surface area contributed by atoms with E-state index in [1.807, 2.05) is 44.3 Å². The monoisotopic (exact) mass is 408 g/mol. The summed E-state index contributed by atoms with van der Waals surface area (Å²) in [5, 5.41) is 15.1. The molecule has 2 aromatic heterocycles. The Morgan fingerprint density at radius 1 is 1.20 bits per heavy atom. The quantitative estimate of drug-likeness (QED) is 0.616. The van der Waals surface area contributed by atoms with Gasteiger partial charge in [0.15, 0.2) is 5.82 Å². The molecule has 0 saturated heterocycles. The Morgan fingerprint density at radius 2 is 2.00 bits per heavy atom. The lowest BCUT2D eigenvalue weighted by Crippen LogP contribution is -2.35. The molecule has 3 aromatic rings. The van der Waals surface area contributed by atoms with Crippen LogP contribution in [0.4, 0.5) is 0 Å². The lowest BCUT2D eigenvalue weighted by atomic mass is 10.0. The van der Waals surface area contributed by atoms with Gasteiger partial charge in [-0.3, -0.25) is 9.78 Å². The van der Waals surface area contributed by atoms with Crippen LogP contribution in [-0.4, -0.2) is 50.9 Å². The number of tetrazole rings is 1. The van der Waals surface area contributed by atoms with E-state index in [0.29, 0.717) is 18.1 Å². The molecule has 0 saturated carbocycles. The fourth-order valence-electron chi connectivity index (χ4n) is 3.15. The van der Waals surface area contributed by atoms with Crippen molar-refractivity contribution in [3.63, 3.8) is 0 Å². The van der Waals surface area contributed by atoms with E-state index >= 15 is 0 Å². The van der Waals surface area contributed by atoms with Gasteiger partial charge in [-0.15, -0.1) is 5.10 Å². The van der Waals surface area contributed by atoms with Gasteiger partial charge in [-0.2, -0.15) is 4.68 Å². The van der Waals surface area contributed by atoms with Gasteiger partial charge in [0.25, 0.3) is 5.91 Å². The number of nitrogens with one attached hydrogen (secondary N) is 1. The smallest absolute Gasteiger partial charge is 0.251 e. The number of benzene rings is 1. The molecular formula is C22H28N6O2. The molecule has 0 aliphatic carbocycles. The Morgan fingerprint density at radius 3 is 2.67 bits per heavy atom. The summed E-state index contributed by atoms with van der Waals surface area (Å²) in [6, 6.07) is 9.41. The largest absolute Gasteiger partial charge is 0.383 e. The van der Waals surface area contributed by atoms with Crippen molar-refractivity contribution < 1.29 is 9.53 Å². The van der Waals surface area contributed by atoms with E-state index in [4.69, 9.17) is 4.74 Å². The molecular weight excluding hydrogens is 380 g/mol. The third-order valence-corrected chi connectivity index (χ3v) is 4.55. The van der Waals surface area contributed by atoms with Crippen molar-refractivity contribution >= 4 is 5.91 Å². The Hall–Kier alpha value is -3.13. The Kier molecular flexibility index (Phi) is 6.89. The first kappa shape index (κ1) is 21.6. The van der Waals surface area contributed by atoms with E-state index in [0.717, 1.165) is 34.8 Å². The number of ether oxygens (including phenoxy) is 1. The Labute approximate surface area is 176 Å². The minimum atomic E-state index is -0.187. The molecule has 0 aliphatic rings. The third-order valence-electron chi connectivity index (χ3n) is 4.55. The zero-order valence-electron chi connectivity index (χ0n) is 18.1. The van der Waals surface area contributed by atoms with Gasteiger partial charge in [-0.25, -0.2) is 0 Å². The van der Waals surface area contributed by atoms with Gasteiger partial charge < -0.3 is 10.1 Å². The first-order valence-electron chi connectivity index (χ1n) is 10.0. The molecule has 1 aromatic carbocycles. The number of methoxy groups -OCH3 is 1. The molecule has 1 atom stereocenters. The van der Waals surface area contributed by atoms with E-state index in [9.17, 15) is 4.79 Å². The molecule has 0 aliphatic heterocycles. The minimum Gasteiger partial charge on any atom is -0.383 e. The Bertz CT molecular complexity index is 997. The van der Waals surface area contributed by atoms with Crippen molar-refractivity contribution in [3.05, 3.63) is 53.5 Å². The molecule has 30 heavy (non-hydrogen) atoms. The predicted octanol–water partition coefficient (Wildman–Crippen LogP) is 3.00. The molecule has 1 N–H and O–H groups in total. The number of aryl methyl sites for hydroxylation is 1. The zero-order chi connectivity index (χ0) is 21.7. The number of pyridine rings is 1. The van der Waals surface area contributed by atoms with Crippen molar-refractivity contribution in [1.29, 1.82) is 0 Å². The SMILES string of the molecule is COC[C@@H](C)NC(=O)c1cc(-c2ccc(C)cn2)cc(-n2nnnc2CC(C)C)c1. The molecule has 8 heteroatoms. The number of carbonyl (C=O) groups is 1. The summed E-state index contributed by atoms with van der Waals surface area (Å²) >= 11 is 0. The lowest BCUT2D eigenvalue weighted by Gasteiger charge is -2.15. The van der Waals surface area contributed by atoms with Gasteiger partial charge in [0.05, 0.1) is 18.0 Å². The van der Waals surface area contributed by atoms with Crippen molar-refractivity contribution in [2.75, 3.05) is 13.7 Å². The second-order valence-corrected chi connectivity index (χ2v) is 7.92. The number of nitrogens with zero attached hydrogens (tertiary/aromatic N) is 5. The van der Waals surface area contributed by atoms with Crippen LogP contribution in [0, 0.1) is 12.8 Å². The standard InChI is InChI=1S/C22H28N6O2/c1-14(2)8-21-25-26-27-28(21)19-10-17(20-7-6-15(3)12-23-20)9-18(11-19)22(29)24-16(4)13-30-5/h6-7,9-12,14,16H,8,13H2,1-5H3,(H,24,29)/t16-/m1/s1. The summed E-state index contributed by atoms with van der Waals surface area (Å²) in [5.74, 6) is 0.959. The number of hydrogen-bond donors (Lipinski definition) is 1. The topological polar surface area (TPSA) is 94.8 Å². The molecule has 8 nitrogen and oxygen atoms in total. The van der Waals surface area contributed by atoms with Crippen molar-refractivity contribution in [2.24, 2.45) is 5.92 Å². The van der Waals surface area contributed by atoms with Gasteiger partial charge in [0, 0.05) is 36.9 Å². The van der Waals surface area contributed by atoms with E-state index in [2.05, 4.69) is 39.7 Å². The maximum absolute atomic E-state index is 12.9. The van der Waals surface area contributed by atoms with E-state index < -0.39 is 0 Å². The molecule has 0 spiro atoms. The molecule has 3 rings (SSSR count). The lowest BCUT2D eigenvalue weighted by molar-refractivity contribution is 0.0905. The second-order valence-electron chi connectivity index (χ2n) is 7.92. The molecule has 1 amide bonds. The van der Waals surface area contributed by atoms with Crippen LogP contribution < -0.4 is 5.32 Å². The first-order valence-corrected chi connectivity index (χ1v) is 10.0. The summed E-state index contributed by atoms with van der Waals surface area (Å²) in [5.41, 5.74) is 3.91. The van der Waals surface area contributed by atoms with E-state index in [-0.39, 0.29) is 11.9 Å². The highest BCUT2D eigenvalue weighted by atomic mass is 16.5. The van der Waals surface area contributed by atoms with Crippen LogP contribution in [0.2, 0.25) is 0 Å². The predicted molar refractivity (Wildman–Crippen MR) is 114 cm³/mol. The van der Waals surface area contributed by atoms with Gasteiger partial charge in [-0.1, -0.05) is 19.9 Å². The normalized spacial score (nSPS) is 12.2. The van der Waals surface area contributed by atoms with Crippen LogP contribution in [0.1, 0.15) is 42.5 Å². The average Bonchev–Trinajstić information content (AvgIpc) is 3.15. The van der Waals surface area contributed by atoms with Gasteiger partial charge in [-0.05, 0) is 60.0 Å². The van der Waals surface area contributed by atoms with Gasteiger partial charge in [0.2, 0.25) is 0 Å². The fraction of sp³-hybridized carbons (Fsp3) is 0.409. The highest BCUT2D eigenvalue weighted by Crippen LogP contribution is 2.24. The number of amides is 1. The molecule has 0 fully saturated rings. The number of rotatable bonds is 8. The van der Waals surface area contributed by atoms with Gasteiger partial charge >= 0.3 is 0 Å². The fourth-order valence-corrected chi connectivity index (χ4v) is 3.15. The van der Waals surface area contributed by atoms with Gasteiger partial charge in [0.1, 0.15) is 0 Å². The van der Waals surface area contributed by atoms with E-state index in [1.54, 1.807) is 17.9 Å². The first-order chi connectivity index (χ1) is 14.4. The van der Waals surface area contributed by atoms with Crippen LogP contribution >= 0.6 is 0 Å². The third kappa shape index (κ3) is 5.27. The number of aromatic nitrogens is 5.